The van der Waals surface area contributed by atoms with Crippen LogP contribution in [0.4, 0.5) is 10.5 Å². The number of para-hydroxylation sites is 1. The van der Waals surface area contributed by atoms with Gasteiger partial charge in [-0.2, -0.15) is 0 Å². The van der Waals surface area contributed by atoms with Crippen LogP contribution < -0.4 is 5.32 Å². The summed E-state index contributed by atoms with van der Waals surface area (Å²) in [7, 11) is 1.52. The van der Waals surface area contributed by atoms with Gasteiger partial charge in [0.25, 0.3) is 5.91 Å². The third-order valence-electron chi connectivity index (χ3n) is 4.05. The fourth-order valence-corrected chi connectivity index (χ4v) is 2.65. The molecule has 10 nitrogen and oxygen atoms in total. The number of hydrogen-bond acceptors (Lipinski definition) is 7. The van der Waals surface area contributed by atoms with Crippen LogP contribution in [0, 0.1) is 0 Å². The van der Waals surface area contributed by atoms with Gasteiger partial charge >= 0.3 is 18.0 Å². The van der Waals surface area contributed by atoms with Crippen molar-refractivity contribution >= 4 is 35.5 Å². The molecule has 0 atom stereocenters. The van der Waals surface area contributed by atoms with Crippen LogP contribution in [0.5, 0.6) is 0 Å². The third-order valence-corrected chi connectivity index (χ3v) is 4.05. The highest BCUT2D eigenvalue weighted by Gasteiger charge is 2.32. The number of carbonyl (C=O) groups excluding carboxylic acids is 5. The second-order valence-electron chi connectivity index (χ2n) is 6.26. The molecule has 0 aromatic heterocycles. The summed E-state index contributed by atoms with van der Waals surface area (Å²) in [6, 6.07) is 5.92. The number of amides is 4. The lowest BCUT2D eigenvalue weighted by molar-refractivity contribution is -0.147. The number of ether oxygens (including phenoxy) is 2. The molecule has 0 aliphatic carbocycles. The van der Waals surface area contributed by atoms with Gasteiger partial charge in [0.2, 0.25) is 5.91 Å². The molecule has 156 valence electrons. The number of esters is 2. The highest BCUT2D eigenvalue weighted by atomic mass is 16.5. The van der Waals surface area contributed by atoms with Crippen LogP contribution >= 0.6 is 0 Å². The van der Waals surface area contributed by atoms with Crippen molar-refractivity contribution in [1.82, 2.24) is 9.80 Å². The van der Waals surface area contributed by atoms with Crippen LogP contribution in [0.15, 0.2) is 24.3 Å². The zero-order valence-electron chi connectivity index (χ0n) is 16.3. The maximum Gasteiger partial charge on any atom is 0.340 e. The van der Waals surface area contributed by atoms with E-state index in [0.717, 1.165) is 4.90 Å². The summed E-state index contributed by atoms with van der Waals surface area (Å²) in [5.41, 5.74) is 0.445. The average molecular weight is 405 g/mol. The summed E-state index contributed by atoms with van der Waals surface area (Å²) >= 11 is 0. The number of benzene rings is 1. The zero-order valence-corrected chi connectivity index (χ0v) is 16.3. The number of rotatable bonds is 9. The maximum absolute atomic E-state index is 12.0. The quantitative estimate of drug-likeness (QED) is 0.481. The zero-order chi connectivity index (χ0) is 21.4. The molecule has 1 N–H and O–H groups in total. The van der Waals surface area contributed by atoms with Gasteiger partial charge in [-0.15, -0.1) is 0 Å². The highest BCUT2D eigenvalue weighted by molar-refractivity contribution is 6.02. The van der Waals surface area contributed by atoms with Crippen molar-refractivity contribution < 1.29 is 33.4 Å². The van der Waals surface area contributed by atoms with E-state index in [0.29, 0.717) is 0 Å². The van der Waals surface area contributed by atoms with E-state index in [-0.39, 0.29) is 49.7 Å². The molecule has 1 aliphatic rings. The van der Waals surface area contributed by atoms with Crippen LogP contribution in [-0.2, 0) is 23.9 Å². The second kappa shape index (κ2) is 10.2. The predicted octanol–water partition coefficient (Wildman–Crippen LogP) is 1.02. The minimum atomic E-state index is -0.633. The molecule has 1 aromatic carbocycles. The average Bonchev–Trinajstić information content (AvgIpc) is 2.93. The minimum Gasteiger partial charge on any atom is -0.462 e. The van der Waals surface area contributed by atoms with Crippen LogP contribution in [0.25, 0.3) is 0 Å². The van der Waals surface area contributed by atoms with Gasteiger partial charge < -0.3 is 19.7 Å². The van der Waals surface area contributed by atoms with E-state index >= 15 is 0 Å². The maximum atomic E-state index is 12.0. The Morgan fingerprint density at radius 2 is 1.86 bits per heavy atom. The monoisotopic (exact) mass is 405 g/mol. The molecule has 2 rings (SSSR count). The number of carbonyl (C=O) groups is 5. The lowest BCUT2D eigenvalue weighted by Crippen LogP contribution is -2.32. The Kier molecular flexibility index (Phi) is 7.70. The van der Waals surface area contributed by atoms with Crippen LogP contribution in [0.2, 0.25) is 0 Å². The number of nitrogens with one attached hydrogen (secondary N) is 1. The minimum absolute atomic E-state index is 0.0245. The lowest BCUT2D eigenvalue weighted by atomic mass is 10.2. The van der Waals surface area contributed by atoms with Crippen LogP contribution in [-0.4, -0.2) is 72.9 Å². The second-order valence-corrected chi connectivity index (χ2v) is 6.26. The molecule has 0 radical (unpaired) electrons. The highest BCUT2D eigenvalue weighted by Crippen LogP contribution is 2.16. The number of nitrogens with zero attached hydrogens (tertiary/aromatic N) is 2. The van der Waals surface area contributed by atoms with E-state index in [1.807, 2.05) is 0 Å². The number of anilines is 1. The molecule has 10 heteroatoms. The summed E-state index contributed by atoms with van der Waals surface area (Å²) < 4.78 is 9.82. The molecule has 0 spiro atoms. The summed E-state index contributed by atoms with van der Waals surface area (Å²) in [6.45, 7) is 1.48. The Hall–Kier alpha value is -3.43. The first-order valence-electron chi connectivity index (χ1n) is 9.10. The Morgan fingerprint density at radius 1 is 1.14 bits per heavy atom. The smallest absolute Gasteiger partial charge is 0.340 e. The molecule has 0 saturated carbocycles. The largest absolute Gasteiger partial charge is 0.462 e. The standard InChI is InChI=1S/C19H23N3O7/c1-3-28-18(26)13-7-4-5-8-14(13)20-15(23)12-29-17(25)9-6-10-22-16(24)11-21(2)19(22)27/h4-5,7-8H,3,6,9-12H2,1-2H3,(H,20,23). The van der Waals surface area contributed by atoms with Crippen molar-refractivity contribution in [2.24, 2.45) is 0 Å². The first-order chi connectivity index (χ1) is 13.8. The summed E-state index contributed by atoms with van der Waals surface area (Å²) in [6.07, 6.45) is 0.185. The van der Waals surface area contributed by atoms with Crippen molar-refractivity contribution in [3.63, 3.8) is 0 Å². The molecule has 1 saturated heterocycles. The Morgan fingerprint density at radius 3 is 2.52 bits per heavy atom. The fraction of sp³-hybridized carbons (Fsp3) is 0.421. The molecule has 4 amide bonds. The van der Waals surface area contributed by atoms with Gasteiger partial charge in [0.1, 0.15) is 6.54 Å². The van der Waals surface area contributed by atoms with Gasteiger partial charge in [-0.25, -0.2) is 9.59 Å². The molecule has 1 heterocycles. The van der Waals surface area contributed by atoms with Gasteiger partial charge in [-0.3, -0.25) is 19.3 Å². The Labute approximate surface area is 167 Å². The predicted molar refractivity (Wildman–Crippen MR) is 101 cm³/mol. The SMILES string of the molecule is CCOC(=O)c1ccccc1NC(=O)COC(=O)CCCN1C(=O)CN(C)C1=O. The van der Waals surface area contributed by atoms with Crippen molar-refractivity contribution in [1.29, 1.82) is 0 Å². The summed E-state index contributed by atoms with van der Waals surface area (Å²) in [5.74, 6) is -2.13. The Balaban J connectivity index is 1.75. The van der Waals surface area contributed by atoms with Gasteiger partial charge in [0, 0.05) is 20.0 Å². The fourth-order valence-electron chi connectivity index (χ4n) is 2.65. The molecule has 1 fully saturated rings. The molecule has 0 unspecified atom stereocenters. The van der Waals surface area contributed by atoms with Gasteiger partial charge in [0.05, 0.1) is 17.9 Å². The van der Waals surface area contributed by atoms with Gasteiger partial charge in [-0.1, -0.05) is 12.1 Å². The lowest BCUT2D eigenvalue weighted by Gasteiger charge is -2.13. The topological polar surface area (TPSA) is 122 Å². The van der Waals surface area contributed by atoms with Crippen LogP contribution in [0.3, 0.4) is 0 Å². The first-order valence-corrected chi connectivity index (χ1v) is 9.10. The molecular weight excluding hydrogens is 382 g/mol. The molecular formula is C19H23N3O7. The van der Waals surface area contributed by atoms with E-state index < -0.39 is 30.5 Å². The van der Waals surface area contributed by atoms with Crippen molar-refractivity contribution in [2.45, 2.75) is 19.8 Å². The number of hydrogen-bond donors (Lipinski definition) is 1. The third kappa shape index (κ3) is 6.03. The number of likely N-dealkylation sites (N-methyl/N-ethyl adjacent to an activating group) is 1. The van der Waals surface area contributed by atoms with E-state index in [1.54, 1.807) is 19.1 Å². The van der Waals surface area contributed by atoms with Crippen molar-refractivity contribution in [2.75, 3.05) is 38.7 Å². The first kappa shape index (κ1) is 21.9. The van der Waals surface area contributed by atoms with E-state index in [4.69, 9.17) is 9.47 Å². The van der Waals surface area contributed by atoms with Crippen molar-refractivity contribution in [3.05, 3.63) is 29.8 Å². The van der Waals surface area contributed by atoms with E-state index in [2.05, 4.69) is 5.32 Å². The molecule has 29 heavy (non-hydrogen) atoms. The molecule has 1 aromatic rings. The number of urea groups is 1. The van der Waals surface area contributed by atoms with E-state index in [9.17, 15) is 24.0 Å². The normalized spacial score (nSPS) is 13.4. The molecule has 1 aliphatic heterocycles. The van der Waals surface area contributed by atoms with Crippen molar-refractivity contribution in [3.8, 4) is 0 Å². The summed E-state index contributed by atoms with van der Waals surface area (Å²) in [4.78, 5) is 61.4. The number of imide groups is 1. The Bertz CT molecular complexity index is 809. The van der Waals surface area contributed by atoms with E-state index in [1.165, 1.54) is 24.1 Å². The van der Waals surface area contributed by atoms with Crippen LogP contribution in [0.1, 0.15) is 30.1 Å². The molecule has 0 bridgehead atoms. The van der Waals surface area contributed by atoms with Gasteiger partial charge in [-0.05, 0) is 25.5 Å². The summed E-state index contributed by atoms with van der Waals surface area (Å²) in [5, 5.41) is 2.50. The van der Waals surface area contributed by atoms with Gasteiger partial charge in [0.15, 0.2) is 6.61 Å².